The summed E-state index contributed by atoms with van der Waals surface area (Å²) >= 11 is 0. The Hall–Kier alpha value is -3.02. The van der Waals surface area contributed by atoms with E-state index < -0.39 is 18.0 Å². The molecule has 0 aliphatic rings. The molecule has 0 fully saturated rings. The number of esters is 1. The first kappa shape index (κ1) is 16.4. The number of nitrogens with zero attached hydrogens (tertiary/aromatic N) is 1. The van der Waals surface area contributed by atoms with Gasteiger partial charge in [0.05, 0.1) is 0 Å². The highest BCUT2D eigenvalue weighted by atomic mass is 16.5. The minimum absolute atomic E-state index is 0.101. The maximum atomic E-state index is 12.1. The second-order valence-electron chi connectivity index (χ2n) is 4.89. The SMILES string of the molecule is CC(=O)c1cccc(NC(=O)[C@H](C)OC(=O)c2ccccn2)c1. The van der Waals surface area contributed by atoms with E-state index in [-0.39, 0.29) is 11.5 Å². The van der Waals surface area contributed by atoms with Gasteiger partial charge in [0, 0.05) is 17.4 Å². The van der Waals surface area contributed by atoms with Crippen molar-refractivity contribution in [3.8, 4) is 0 Å². The molecule has 118 valence electrons. The molecular formula is C17H16N2O4. The van der Waals surface area contributed by atoms with Crippen LogP contribution < -0.4 is 5.32 Å². The Morgan fingerprint density at radius 1 is 1.13 bits per heavy atom. The smallest absolute Gasteiger partial charge is 0.357 e. The zero-order valence-electron chi connectivity index (χ0n) is 12.8. The van der Waals surface area contributed by atoms with Crippen molar-refractivity contribution in [2.45, 2.75) is 20.0 Å². The lowest BCUT2D eigenvalue weighted by Gasteiger charge is -2.13. The first-order valence-corrected chi connectivity index (χ1v) is 7.01. The number of anilines is 1. The van der Waals surface area contributed by atoms with E-state index in [0.717, 1.165) is 0 Å². The van der Waals surface area contributed by atoms with Crippen molar-refractivity contribution >= 4 is 23.3 Å². The lowest BCUT2D eigenvalue weighted by atomic mass is 10.1. The standard InChI is InChI=1S/C17H16N2O4/c1-11(20)13-6-5-7-14(10-13)19-16(21)12(2)23-17(22)15-8-3-4-9-18-15/h3-10,12H,1-2H3,(H,19,21)/t12-/m0/s1. The van der Waals surface area contributed by atoms with Gasteiger partial charge in [0.25, 0.3) is 5.91 Å². The molecule has 2 rings (SSSR count). The second kappa shape index (κ2) is 7.31. The molecule has 0 radical (unpaired) electrons. The maximum Gasteiger partial charge on any atom is 0.357 e. The molecule has 1 heterocycles. The lowest BCUT2D eigenvalue weighted by molar-refractivity contribution is -0.123. The van der Waals surface area contributed by atoms with Gasteiger partial charge in [-0.1, -0.05) is 18.2 Å². The van der Waals surface area contributed by atoms with Gasteiger partial charge in [-0.2, -0.15) is 0 Å². The van der Waals surface area contributed by atoms with Crippen LogP contribution in [0, 0.1) is 0 Å². The summed E-state index contributed by atoms with van der Waals surface area (Å²) in [5.41, 5.74) is 1.08. The Bertz CT molecular complexity index is 728. The number of benzene rings is 1. The molecule has 0 aliphatic heterocycles. The van der Waals surface area contributed by atoms with E-state index in [1.807, 2.05) is 0 Å². The third kappa shape index (κ3) is 4.47. The molecule has 0 aliphatic carbocycles. The van der Waals surface area contributed by atoms with Crippen molar-refractivity contribution in [1.29, 1.82) is 0 Å². The zero-order chi connectivity index (χ0) is 16.8. The summed E-state index contributed by atoms with van der Waals surface area (Å²) < 4.78 is 5.07. The summed E-state index contributed by atoms with van der Waals surface area (Å²) in [6, 6.07) is 11.4. The third-order valence-corrected chi connectivity index (χ3v) is 3.06. The van der Waals surface area contributed by atoms with Crippen LogP contribution in [0.25, 0.3) is 0 Å². The molecular weight excluding hydrogens is 296 g/mol. The number of pyridine rings is 1. The summed E-state index contributed by atoms with van der Waals surface area (Å²) in [6.07, 6.45) is 0.472. The summed E-state index contributed by atoms with van der Waals surface area (Å²) in [4.78, 5) is 39.1. The first-order chi connectivity index (χ1) is 11.0. The van der Waals surface area contributed by atoms with Crippen molar-refractivity contribution < 1.29 is 19.1 Å². The van der Waals surface area contributed by atoms with Crippen LogP contribution in [-0.4, -0.2) is 28.7 Å². The van der Waals surface area contributed by atoms with Gasteiger partial charge in [0.1, 0.15) is 5.69 Å². The molecule has 0 saturated carbocycles. The topological polar surface area (TPSA) is 85.4 Å². The maximum absolute atomic E-state index is 12.1. The Morgan fingerprint density at radius 2 is 1.91 bits per heavy atom. The molecule has 6 heteroatoms. The molecule has 23 heavy (non-hydrogen) atoms. The fourth-order valence-electron chi connectivity index (χ4n) is 1.82. The molecule has 0 spiro atoms. The Morgan fingerprint density at radius 3 is 2.57 bits per heavy atom. The van der Waals surface area contributed by atoms with Crippen LogP contribution in [0.15, 0.2) is 48.7 Å². The van der Waals surface area contributed by atoms with Crippen LogP contribution in [0.2, 0.25) is 0 Å². The molecule has 6 nitrogen and oxygen atoms in total. The molecule has 0 unspecified atom stereocenters. The van der Waals surface area contributed by atoms with Crippen LogP contribution in [0.1, 0.15) is 34.7 Å². The van der Waals surface area contributed by atoms with E-state index in [2.05, 4.69) is 10.3 Å². The van der Waals surface area contributed by atoms with Gasteiger partial charge in [-0.3, -0.25) is 9.59 Å². The lowest BCUT2D eigenvalue weighted by Crippen LogP contribution is -2.30. The number of ketones is 1. The van der Waals surface area contributed by atoms with E-state index in [9.17, 15) is 14.4 Å². The summed E-state index contributed by atoms with van der Waals surface area (Å²) in [7, 11) is 0. The van der Waals surface area contributed by atoms with Crippen molar-refractivity contribution in [2.75, 3.05) is 5.32 Å². The van der Waals surface area contributed by atoms with Gasteiger partial charge >= 0.3 is 5.97 Å². The van der Waals surface area contributed by atoms with Crippen LogP contribution in [0.5, 0.6) is 0 Å². The first-order valence-electron chi connectivity index (χ1n) is 7.01. The monoisotopic (exact) mass is 312 g/mol. The fraction of sp³-hybridized carbons (Fsp3) is 0.176. The van der Waals surface area contributed by atoms with Gasteiger partial charge in [0.15, 0.2) is 11.9 Å². The number of aromatic nitrogens is 1. The molecule has 1 aromatic heterocycles. The number of amides is 1. The molecule has 0 bridgehead atoms. The Kier molecular flexibility index (Phi) is 5.19. The highest BCUT2D eigenvalue weighted by Crippen LogP contribution is 2.12. The van der Waals surface area contributed by atoms with E-state index in [1.54, 1.807) is 36.4 Å². The number of carbonyl (C=O) groups is 3. The highest BCUT2D eigenvalue weighted by Gasteiger charge is 2.19. The fourth-order valence-corrected chi connectivity index (χ4v) is 1.82. The largest absolute Gasteiger partial charge is 0.448 e. The average Bonchev–Trinajstić information content (AvgIpc) is 2.55. The Labute approximate surface area is 133 Å². The van der Waals surface area contributed by atoms with Crippen molar-refractivity contribution in [2.24, 2.45) is 0 Å². The van der Waals surface area contributed by atoms with Crippen LogP contribution in [-0.2, 0) is 9.53 Å². The molecule has 1 aromatic carbocycles. The van der Waals surface area contributed by atoms with E-state index in [0.29, 0.717) is 11.3 Å². The number of rotatable bonds is 5. The number of nitrogens with one attached hydrogen (secondary N) is 1. The normalized spacial score (nSPS) is 11.4. The molecule has 2 aromatic rings. The number of ether oxygens (including phenoxy) is 1. The van der Waals surface area contributed by atoms with E-state index >= 15 is 0 Å². The quantitative estimate of drug-likeness (QED) is 0.677. The van der Waals surface area contributed by atoms with E-state index in [4.69, 9.17) is 4.74 Å². The number of Topliss-reactive ketones (excluding diaryl/α,β-unsaturated/α-hetero) is 1. The second-order valence-corrected chi connectivity index (χ2v) is 4.89. The van der Waals surface area contributed by atoms with E-state index in [1.165, 1.54) is 26.1 Å². The molecule has 1 amide bonds. The summed E-state index contributed by atoms with van der Waals surface area (Å²) in [6.45, 7) is 2.91. The van der Waals surface area contributed by atoms with Crippen molar-refractivity contribution in [1.82, 2.24) is 4.98 Å². The number of hydrogen-bond acceptors (Lipinski definition) is 5. The van der Waals surface area contributed by atoms with Gasteiger partial charge in [-0.25, -0.2) is 9.78 Å². The molecule has 1 atom stereocenters. The van der Waals surface area contributed by atoms with Crippen molar-refractivity contribution in [3.63, 3.8) is 0 Å². The van der Waals surface area contributed by atoms with Gasteiger partial charge in [-0.15, -0.1) is 0 Å². The van der Waals surface area contributed by atoms with Crippen LogP contribution in [0.3, 0.4) is 0 Å². The molecule has 0 saturated heterocycles. The van der Waals surface area contributed by atoms with Crippen LogP contribution >= 0.6 is 0 Å². The number of hydrogen-bond donors (Lipinski definition) is 1. The van der Waals surface area contributed by atoms with Crippen LogP contribution in [0.4, 0.5) is 5.69 Å². The Balaban J connectivity index is 1.99. The average molecular weight is 312 g/mol. The predicted molar refractivity (Wildman–Crippen MR) is 84.2 cm³/mol. The van der Waals surface area contributed by atoms with Gasteiger partial charge < -0.3 is 10.1 Å². The van der Waals surface area contributed by atoms with Gasteiger partial charge in [-0.05, 0) is 38.1 Å². The minimum Gasteiger partial charge on any atom is -0.448 e. The molecule has 1 N–H and O–H groups in total. The highest BCUT2D eigenvalue weighted by molar-refractivity contribution is 5.99. The van der Waals surface area contributed by atoms with Gasteiger partial charge in [0.2, 0.25) is 0 Å². The van der Waals surface area contributed by atoms with Crippen molar-refractivity contribution in [3.05, 3.63) is 59.9 Å². The predicted octanol–water partition coefficient (Wildman–Crippen LogP) is 2.47. The zero-order valence-corrected chi connectivity index (χ0v) is 12.8. The summed E-state index contributed by atoms with van der Waals surface area (Å²) in [5.74, 6) is -1.27. The summed E-state index contributed by atoms with van der Waals surface area (Å²) in [5, 5.41) is 2.60. The minimum atomic E-state index is -0.995. The number of carbonyl (C=O) groups excluding carboxylic acids is 3. The third-order valence-electron chi connectivity index (χ3n) is 3.06.